The van der Waals surface area contributed by atoms with Crippen molar-refractivity contribution >= 4 is 28.8 Å². The first-order chi connectivity index (χ1) is 17.1. The van der Waals surface area contributed by atoms with E-state index in [0.29, 0.717) is 44.8 Å². The maximum Gasteiger partial charge on any atom is 0.573 e. The molecule has 0 fully saturated rings. The molecule has 3 aromatic carbocycles. The second kappa shape index (κ2) is 11.7. The van der Waals surface area contributed by atoms with Gasteiger partial charge in [-0.15, -0.1) is 13.2 Å². The number of ether oxygens (including phenoxy) is 4. The van der Waals surface area contributed by atoms with Gasteiger partial charge >= 0.3 is 12.3 Å². The number of alkyl halides is 3. The predicted octanol–water partition coefficient (Wildman–Crippen LogP) is 7.45. The van der Waals surface area contributed by atoms with E-state index in [4.69, 9.17) is 25.8 Å². The fourth-order valence-corrected chi connectivity index (χ4v) is 3.44. The zero-order chi connectivity index (χ0) is 26.3. The summed E-state index contributed by atoms with van der Waals surface area (Å²) < 4.78 is 57.0. The molecule has 0 aliphatic rings. The normalized spacial score (nSPS) is 11.9. The van der Waals surface area contributed by atoms with Crippen LogP contribution in [0.25, 0.3) is 5.57 Å². The van der Waals surface area contributed by atoms with Gasteiger partial charge in [-0.3, -0.25) is 0 Å². The molecule has 0 saturated heterocycles. The molecule has 0 unspecified atom stereocenters. The molecule has 0 atom stereocenters. The van der Waals surface area contributed by atoms with Crippen LogP contribution in [0.5, 0.6) is 23.0 Å². The predicted molar refractivity (Wildman–Crippen MR) is 130 cm³/mol. The van der Waals surface area contributed by atoms with Crippen LogP contribution in [0.4, 0.5) is 18.9 Å². The highest BCUT2D eigenvalue weighted by molar-refractivity contribution is 6.32. The number of halogens is 4. The van der Waals surface area contributed by atoms with Crippen molar-refractivity contribution in [2.75, 3.05) is 19.0 Å². The highest BCUT2D eigenvalue weighted by Gasteiger charge is 2.31. The van der Waals surface area contributed by atoms with Crippen LogP contribution in [0.1, 0.15) is 19.4 Å². The Bertz CT molecular complexity index is 1230. The minimum atomic E-state index is -4.77. The fourth-order valence-electron chi connectivity index (χ4n) is 3.24. The molecule has 0 radical (unpaired) electrons. The van der Waals surface area contributed by atoms with Crippen molar-refractivity contribution < 1.29 is 36.9 Å². The van der Waals surface area contributed by atoms with Gasteiger partial charge in [0.2, 0.25) is 0 Å². The van der Waals surface area contributed by atoms with Crippen LogP contribution in [0.15, 0.2) is 72.4 Å². The molecular weight excluding hydrogens is 499 g/mol. The van der Waals surface area contributed by atoms with Gasteiger partial charge in [-0.05, 0) is 67.9 Å². The maximum absolute atomic E-state index is 12.8. The Hall–Kier alpha value is -3.85. The number of benzene rings is 3. The van der Waals surface area contributed by atoms with E-state index in [1.54, 1.807) is 56.3 Å². The van der Waals surface area contributed by atoms with Gasteiger partial charge in [-0.1, -0.05) is 23.7 Å². The molecule has 0 heterocycles. The topological polar surface area (TPSA) is 66.0 Å². The molecular formula is C26H23ClF3NO5. The van der Waals surface area contributed by atoms with E-state index >= 15 is 0 Å². The summed E-state index contributed by atoms with van der Waals surface area (Å²) in [5.41, 5.74) is 2.08. The summed E-state index contributed by atoms with van der Waals surface area (Å²) in [7, 11) is 1.51. The summed E-state index contributed by atoms with van der Waals surface area (Å²) in [5.74, 6) is 0.340. The van der Waals surface area contributed by atoms with Crippen molar-refractivity contribution in [3.8, 4) is 23.0 Å². The number of nitrogens with one attached hydrogen (secondary N) is 1. The summed E-state index contributed by atoms with van der Waals surface area (Å²) in [4.78, 5) is 12.8. The largest absolute Gasteiger partial charge is 0.573 e. The Morgan fingerprint density at radius 3 is 2.08 bits per heavy atom. The first kappa shape index (κ1) is 26.7. The number of hydrogen-bond acceptors (Lipinski definition) is 6. The van der Waals surface area contributed by atoms with Gasteiger partial charge in [0.05, 0.1) is 24.3 Å². The van der Waals surface area contributed by atoms with E-state index in [-0.39, 0.29) is 12.4 Å². The van der Waals surface area contributed by atoms with Gasteiger partial charge in [-0.2, -0.15) is 0 Å². The Labute approximate surface area is 211 Å². The Kier molecular flexibility index (Phi) is 8.71. The quantitative estimate of drug-likeness (QED) is 0.233. The molecule has 3 aromatic rings. The average molecular weight is 522 g/mol. The molecule has 0 aliphatic carbocycles. The van der Waals surface area contributed by atoms with Crippen LogP contribution < -0.4 is 19.5 Å². The fraction of sp³-hybridized carbons (Fsp3) is 0.192. The average Bonchev–Trinajstić information content (AvgIpc) is 2.82. The molecule has 0 aliphatic heterocycles. The number of methoxy groups -OCH3 is 1. The Morgan fingerprint density at radius 1 is 0.944 bits per heavy atom. The van der Waals surface area contributed by atoms with Crippen LogP contribution >= 0.6 is 11.6 Å². The third-order valence-corrected chi connectivity index (χ3v) is 5.09. The van der Waals surface area contributed by atoms with Crippen molar-refractivity contribution in [3.05, 3.63) is 83.0 Å². The Morgan fingerprint density at radius 2 is 1.53 bits per heavy atom. The molecule has 0 bridgehead atoms. The van der Waals surface area contributed by atoms with Gasteiger partial charge < -0.3 is 24.3 Å². The van der Waals surface area contributed by atoms with Crippen LogP contribution in [0.3, 0.4) is 0 Å². The lowest BCUT2D eigenvalue weighted by Crippen LogP contribution is -2.16. The molecule has 0 spiro atoms. The van der Waals surface area contributed by atoms with E-state index in [2.05, 4.69) is 10.1 Å². The van der Waals surface area contributed by atoms with Gasteiger partial charge in [0, 0.05) is 17.5 Å². The molecule has 0 amide bonds. The van der Waals surface area contributed by atoms with E-state index in [9.17, 15) is 18.0 Å². The van der Waals surface area contributed by atoms with Crippen LogP contribution in [-0.2, 0) is 9.53 Å². The van der Waals surface area contributed by atoms with Crippen LogP contribution in [-0.4, -0.2) is 26.0 Å². The van der Waals surface area contributed by atoms with Gasteiger partial charge in [0.25, 0.3) is 0 Å². The van der Waals surface area contributed by atoms with E-state index < -0.39 is 12.3 Å². The second-order valence-electron chi connectivity index (χ2n) is 7.34. The van der Waals surface area contributed by atoms with Crippen molar-refractivity contribution in [2.45, 2.75) is 20.2 Å². The first-order valence-corrected chi connectivity index (χ1v) is 11.1. The van der Waals surface area contributed by atoms with Crippen molar-refractivity contribution in [2.24, 2.45) is 0 Å². The number of carbonyl (C=O) groups excluding carboxylic acids is 1. The minimum absolute atomic E-state index is 0.194. The number of carbonyl (C=O) groups is 1. The first-order valence-electron chi connectivity index (χ1n) is 10.7. The number of rotatable bonds is 9. The van der Waals surface area contributed by atoms with Crippen molar-refractivity contribution in [1.29, 1.82) is 0 Å². The zero-order valence-electron chi connectivity index (χ0n) is 19.6. The number of anilines is 1. The summed E-state index contributed by atoms with van der Waals surface area (Å²) in [5, 5.41) is 3.63. The second-order valence-corrected chi connectivity index (χ2v) is 7.75. The third-order valence-electron chi connectivity index (χ3n) is 4.77. The highest BCUT2D eigenvalue weighted by Crippen LogP contribution is 2.31. The standard InChI is InChI=1S/C26H23ClF3NO5/c1-4-34-25(32)24(16(2)31-18-7-14-22(27)23(15-18)33-3)17-5-8-19(9-6-17)35-20-10-12-21(13-11-20)36-26(28,29)30/h5-15,31H,4H2,1-3H3/b24-16-. The van der Waals surface area contributed by atoms with Crippen LogP contribution in [0.2, 0.25) is 5.02 Å². The molecule has 6 nitrogen and oxygen atoms in total. The van der Waals surface area contributed by atoms with E-state index in [1.165, 1.54) is 19.2 Å². The Balaban J connectivity index is 1.82. The summed E-state index contributed by atoms with van der Waals surface area (Å²) >= 11 is 6.09. The minimum Gasteiger partial charge on any atom is -0.495 e. The molecule has 36 heavy (non-hydrogen) atoms. The molecule has 0 aromatic heterocycles. The number of hydrogen-bond donors (Lipinski definition) is 1. The highest BCUT2D eigenvalue weighted by atomic mass is 35.5. The lowest BCUT2D eigenvalue weighted by molar-refractivity contribution is -0.274. The van der Waals surface area contributed by atoms with Gasteiger partial charge in [0.1, 0.15) is 23.0 Å². The number of esters is 1. The summed E-state index contributed by atoms with van der Waals surface area (Å²) in [6.07, 6.45) is -4.77. The van der Waals surface area contributed by atoms with Crippen LogP contribution in [0, 0.1) is 0 Å². The molecule has 1 N–H and O–H groups in total. The molecule has 3 rings (SSSR count). The molecule has 0 saturated carbocycles. The maximum atomic E-state index is 12.8. The van der Waals surface area contributed by atoms with Crippen molar-refractivity contribution in [3.63, 3.8) is 0 Å². The lowest BCUT2D eigenvalue weighted by atomic mass is 10.0. The van der Waals surface area contributed by atoms with E-state index in [0.717, 1.165) is 12.1 Å². The SMILES string of the molecule is CCOC(=O)/C(=C(/C)Nc1ccc(Cl)c(OC)c1)c1ccc(Oc2ccc(OC(F)(F)F)cc2)cc1. The summed E-state index contributed by atoms with van der Waals surface area (Å²) in [6.45, 7) is 3.65. The van der Waals surface area contributed by atoms with E-state index in [1.807, 2.05) is 0 Å². The molecule has 190 valence electrons. The smallest absolute Gasteiger partial charge is 0.495 e. The third kappa shape index (κ3) is 7.32. The van der Waals surface area contributed by atoms with Gasteiger partial charge in [0.15, 0.2) is 0 Å². The monoisotopic (exact) mass is 521 g/mol. The molecule has 10 heteroatoms. The lowest BCUT2D eigenvalue weighted by Gasteiger charge is -2.15. The van der Waals surface area contributed by atoms with Crippen molar-refractivity contribution in [1.82, 2.24) is 0 Å². The number of allylic oxidation sites excluding steroid dienone is 1. The van der Waals surface area contributed by atoms with Gasteiger partial charge in [-0.25, -0.2) is 4.79 Å². The zero-order valence-corrected chi connectivity index (χ0v) is 20.4. The summed E-state index contributed by atoms with van der Waals surface area (Å²) in [6, 6.07) is 16.8.